The molecule has 1 aliphatic carbocycles. The van der Waals surface area contributed by atoms with Crippen molar-refractivity contribution < 1.29 is 19.0 Å². The fourth-order valence-electron chi connectivity index (χ4n) is 2.28. The monoisotopic (exact) mass is 230 g/mol. The molecule has 1 saturated carbocycles. The smallest absolute Gasteiger partial charge is 0.302 e. The Labute approximate surface area is 97.2 Å². The van der Waals surface area contributed by atoms with E-state index in [2.05, 4.69) is 13.8 Å². The van der Waals surface area contributed by atoms with Gasteiger partial charge in [0, 0.05) is 33.0 Å². The lowest BCUT2D eigenvalue weighted by atomic mass is 9.93. The Hall–Kier alpha value is -0.610. The van der Waals surface area contributed by atoms with Gasteiger partial charge in [-0.3, -0.25) is 4.79 Å². The molecular formula is C12H22O4. The molecule has 4 nitrogen and oxygen atoms in total. The normalized spacial score (nSPS) is 26.9. The van der Waals surface area contributed by atoms with E-state index < -0.39 is 0 Å². The quantitative estimate of drug-likeness (QED) is 0.517. The molecule has 0 bridgehead atoms. The number of hydrogen-bond donors (Lipinski definition) is 0. The molecule has 0 aliphatic heterocycles. The van der Waals surface area contributed by atoms with Crippen molar-refractivity contribution in [3.05, 3.63) is 0 Å². The first kappa shape index (κ1) is 13.5. The molecule has 0 aromatic rings. The molecule has 1 rings (SSSR count). The van der Waals surface area contributed by atoms with Crippen molar-refractivity contribution in [2.75, 3.05) is 20.8 Å². The lowest BCUT2D eigenvalue weighted by molar-refractivity contribution is -0.148. The van der Waals surface area contributed by atoms with Crippen molar-refractivity contribution in [1.82, 2.24) is 0 Å². The molecule has 0 aromatic carbocycles. The molecule has 16 heavy (non-hydrogen) atoms. The highest BCUT2D eigenvalue weighted by molar-refractivity contribution is 5.66. The van der Waals surface area contributed by atoms with Gasteiger partial charge in [0.25, 0.3) is 0 Å². The van der Waals surface area contributed by atoms with Gasteiger partial charge in [-0.15, -0.1) is 0 Å². The summed E-state index contributed by atoms with van der Waals surface area (Å²) in [6.07, 6.45) is 1.58. The summed E-state index contributed by atoms with van der Waals surface area (Å²) in [6, 6.07) is 0. The summed E-state index contributed by atoms with van der Waals surface area (Å²) in [7, 11) is 3.26. The summed E-state index contributed by atoms with van der Waals surface area (Å²) in [5.41, 5.74) is 0.202. The second-order valence-electron chi connectivity index (χ2n) is 5.23. The van der Waals surface area contributed by atoms with Gasteiger partial charge in [-0.2, -0.15) is 0 Å². The van der Waals surface area contributed by atoms with Gasteiger partial charge in [-0.05, 0) is 11.8 Å². The Morgan fingerprint density at radius 3 is 2.12 bits per heavy atom. The summed E-state index contributed by atoms with van der Waals surface area (Å²) in [6.45, 7) is 6.25. The molecule has 1 unspecified atom stereocenters. The van der Waals surface area contributed by atoms with Crippen LogP contribution in [-0.2, 0) is 19.0 Å². The third-order valence-electron chi connectivity index (χ3n) is 3.73. The molecular weight excluding hydrogens is 208 g/mol. The first-order chi connectivity index (χ1) is 7.37. The first-order valence-corrected chi connectivity index (χ1v) is 5.56. The van der Waals surface area contributed by atoms with Crippen LogP contribution in [0.15, 0.2) is 0 Å². The maximum Gasteiger partial charge on any atom is 0.302 e. The minimum atomic E-state index is -0.228. The largest absolute Gasteiger partial charge is 0.465 e. The number of rotatable bonds is 6. The highest BCUT2D eigenvalue weighted by Gasteiger charge is 2.62. The highest BCUT2D eigenvalue weighted by atomic mass is 16.7. The van der Waals surface area contributed by atoms with E-state index in [0.29, 0.717) is 6.61 Å². The molecule has 1 atom stereocenters. The predicted molar refractivity (Wildman–Crippen MR) is 59.9 cm³/mol. The summed E-state index contributed by atoms with van der Waals surface area (Å²) in [4.78, 5) is 10.9. The van der Waals surface area contributed by atoms with Gasteiger partial charge in [0.2, 0.25) is 0 Å². The first-order valence-electron chi connectivity index (χ1n) is 5.56. The predicted octanol–water partition coefficient (Wildman–Crippen LogP) is 1.97. The number of carbonyl (C=O) groups excluding carboxylic acids is 1. The van der Waals surface area contributed by atoms with Crippen molar-refractivity contribution in [2.24, 2.45) is 10.8 Å². The average Bonchev–Trinajstić information content (AvgIpc) is 2.75. The molecule has 0 amide bonds. The second-order valence-corrected chi connectivity index (χ2v) is 5.23. The second kappa shape index (κ2) is 4.72. The van der Waals surface area contributed by atoms with Gasteiger partial charge >= 0.3 is 5.97 Å². The van der Waals surface area contributed by atoms with E-state index in [9.17, 15) is 4.79 Å². The lowest BCUT2D eigenvalue weighted by Gasteiger charge is -2.24. The molecule has 0 aromatic heterocycles. The summed E-state index contributed by atoms with van der Waals surface area (Å²) >= 11 is 0. The summed E-state index contributed by atoms with van der Waals surface area (Å²) in [5, 5.41) is 0. The van der Waals surface area contributed by atoms with E-state index in [4.69, 9.17) is 14.2 Å². The maximum atomic E-state index is 10.9. The van der Waals surface area contributed by atoms with Crippen LogP contribution in [-0.4, -0.2) is 33.1 Å². The van der Waals surface area contributed by atoms with Crippen LogP contribution in [0.25, 0.3) is 0 Å². The van der Waals surface area contributed by atoms with Crippen LogP contribution in [0, 0.1) is 10.8 Å². The fraction of sp³-hybridized carbons (Fsp3) is 0.917. The molecule has 0 radical (unpaired) electrons. The Morgan fingerprint density at radius 2 is 1.81 bits per heavy atom. The Balaban J connectivity index is 2.58. The Bertz CT molecular complexity index is 258. The van der Waals surface area contributed by atoms with Crippen molar-refractivity contribution in [1.29, 1.82) is 0 Å². The van der Waals surface area contributed by atoms with Gasteiger partial charge in [0.15, 0.2) is 6.29 Å². The molecule has 1 fully saturated rings. The third-order valence-corrected chi connectivity index (χ3v) is 3.73. The Morgan fingerprint density at radius 1 is 1.31 bits per heavy atom. The third kappa shape index (κ3) is 2.74. The van der Waals surface area contributed by atoms with Crippen molar-refractivity contribution in [3.8, 4) is 0 Å². The Kier molecular flexibility index (Phi) is 3.97. The summed E-state index contributed by atoms with van der Waals surface area (Å²) in [5.74, 6) is -0.228. The number of methoxy groups -OCH3 is 2. The molecule has 94 valence electrons. The zero-order valence-electron chi connectivity index (χ0n) is 10.8. The fourth-order valence-corrected chi connectivity index (χ4v) is 2.28. The number of esters is 1. The molecule has 0 saturated heterocycles. The van der Waals surface area contributed by atoms with Crippen LogP contribution in [0.5, 0.6) is 0 Å². The minimum absolute atomic E-state index is 0.00928. The van der Waals surface area contributed by atoms with Gasteiger partial charge in [0.1, 0.15) is 0 Å². The van der Waals surface area contributed by atoms with Crippen LogP contribution >= 0.6 is 0 Å². The summed E-state index contributed by atoms with van der Waals surface area (Å²) < 4.78 is 15.6. The van der Waals surface area contributed by atoms with Gasteiger partial charge in [0.05, 0.1) is 6.61 Å². The highest BCUT2D eigenvalue weighted by Crippen LogP contribution is 2.66. The maximum absolute atomic E-state index is 10.9. The van der Waals surface area contributed by atoms with Crippen LogP contribution in [0.4, 0.5) is 0 Å². The van der Waals surface area contributed by atoms with E-state index in [-0.39, 0.29) is 23.1 Å². The topological polar surface area (TPSA) is 44.8 Å². The standard InChI is InChI=1S/C12H22O4/c1-9(13)16-8-12(7-11(12,2)3)6-10(14-4)15-5/h10H,6-8H2,1-5H3. The molecule has 0 heterocycles. The van der Waals surface area contributed by atoms with E-state index in [1.807, 2.05) is 0 Å². The van der Waals surface area contributed by atoms with E-state index >= 15 is 0 Å². The molecule has 0 N–H and O–H groups in total. The van der Waals surface area contributed by atoms with Gasteiger partial charge < -0.3 is 14.2 Å². The van der Waals surface area contributed by atoms with E-state index in [0.717, 1.165) is 12.8 Å². The lowest BCUT2D eigenvalue weighted by Crippen LogP contribution is -2.26. The number of carbonyl (C=O) groups is 1. The van der Waals surface area contributed by atoms with E-state index in [1.54, 1.807) is 14.2 Å². The van der Waals surface area contributed by atoms with Crippen LogP contribution in [0.1, 0.15) is 33.6 Å². The van der Waals surface area contributed by atoms with E-state index in [1.165, 1.54) is 6.92 Å². The van der Waals surface area contributed by atoms with Crippen molar-refractivity contribution >= 4 is 5.97 Å². The SMILES string of the molecule is COC(CC1(COC(C)=O)CC1(C)C)OC. The minimum Gasteiger partial charge on any atom is -0.465 e. The molecule has 1 aliphatic rings. The van der Waals surface area contributed by atoms with Crippen LogP contribution in [0.3, 0.4) is 0 Å². The number of hydrogen-bond acceptors (Lipinski definition) is 4. The van der Waals surface area contributed by atoms with Crippen LogP contribution < -0.4 is 0 Å². The number of ether oxygens (including phenoxy) is 3. The molecule has 0 spiro atoms. The van der Waals surface area contributed by atoms with Gasteiger partial charge in [-0.1, -0.05) is 13.8 Å². The zero-order valence-corrected chi connectivity index (χ0v) is 10.8. The van der Waals surface area contributed by atoms with Crippen LogP contribution in [0.2, 0.25) is 0 Å². The van der Waals surface area contributed by atoms with Gasteiger partial charge in [-0.25, -0.2) is 0 Å². The average molecular weight is 230 g/mol. The molecule has 4 heteroatoms. The van der Waals surface area contributed by atoms with Crippen molar-refractivity contribution in [2.45, 2.75) is 39.9 Å². The zero-order chi connectivity index (χ0) is 12.4. The van der Waals surface area contributed by atoms with Crippen molar-refractivity contribution in [3.63, 3.8) is 0 Å².